The van der Waals surface area contributed by atoms with Gasteiger partial charge in [-0.05, 0) is 23.8 Å². The Morgan fingerprint density at radius 3 is 2.46 bits per heavy atom. The van der Waals surface area contributed by atoms with E-state index in [0.717, 1.165) is 12.1 Å². The molecule has 28 heavy (non-hydrogen) atoms. The van der Waals surface area contributed by atoms with Crippen LogP contribution < -0.4 is 4.90 Å². The maximum Gasteiger partial charge on any atom is 0.268 e. The number of hydrogen-bond donors (Lipinski definition) is 1. The molecule has 146 valence electrons. The molecule has 7 nitrogen and oxygen atoms in total. The number of carbonyl (C=O) groups is 2. The number of anilines is 1. The quantitative estimate of drug-likeness (QED) is 0.798. The third-order valence-electron chi connectivity index (χ3n) is 5.51. The van der Waals surface area contributed by atoms with Gasteiger partial charge in [0.25, 0.3) is 11.8 Å². The second-order valence-corrected chi connectivity index (χ2v) is 7.33. The first-order valence-corrected chi connectivity index (χ1v) is 9.58. The summed E-state index contributed by atoms with van der Waals surface area (Å²) in [6, 6.07) is 13.1. The van der Waals surface area contributed by atoms with Crippen LogP contribution in [0.25, 0.3) is 0 Å². The summed E-state index contributed by atoms with van der Waals surface area (Å²) < 4.78 is 0. The molecule has 0 aliphatic carbocycles. The summed E-state index contributed by atoms with van der Waals surface area (Å²) in [6.45, 7) is 3.52. The predicted molar refractivity (Wildman–Crippen MR) is 104 cm³/mol. The van der Waals surface area contributed by atoms with Gasteiger partial charge in [0, 0.05) is 63.8 Å². The van der Waals surface area contributed by atoms with Crippen LogP contribution in [0.4, 0.5) is 5.69 Å². The van der Waals surface area contributed by atoms with Gasteiger partial charge in [0.1, 0.15) is 0 Å². The molecule has 4 rings (SSSR count). The smallest absolute Gasteiger partial charge is 0.268 e. The number of rotatable bonds is 4. The van der Waals surface area contributed by atoms with Crippen LogP contribution in [0.5, 0.6) is 0 Å². The Bertz CT molecular complexity index is 837. The largest absolute Gasteiger partial charge is 0.372 e. The van der Waals surface area contributed by atoms with Gasteiger partial charge < -0.3 is 14.9 Å². The molecule has 2 aliphatic rings. The minimum Gasteiger partial charge on any atom is -0.372 e. The SMILES string of the molecule is O=C(N1CCN(Cc2cccnc2)CC1)C1(O)CCN(c2ccccc2)C1=O. The molecule has 2 fully saturated rings. The number of pyridine rings is 1. The van der Waals surface area contributed by atoms with Crippen LogP contribution in [0.2, 0.25) is 0 Å². The fourth-order valence-corrected chi connectivity index (χ4v) is 3.88. The van der Waals surface area contributed by atoms with Gasteiger partial charge in [-0.1, -0.05) is 24.3 Å². The third kappa shape index (κ3) is 3.50. The van der Waals surface area contributed by atoms with Crippen LogP contribution in [0.1, 0.15) is 12.0 Å². The van der Waals surface area contributed by atoms with Crippen LogP contribution in [0.3, 0.4) is 0 Å². The first-order valence-electron chi connectivity index (χ1n) is 9.58. The zero-order valence-electron chi connectivity index (χ0n) is 15.7. The Hall–Kier alpha value is -2.77. The van der Waals surface area contributed by atoms with E-state index < -0.39 is 17.4 Å². The van der Waals surface area contributed by atoms with E-state index >= 15 is 0 Å². The Kier molecular flexibility index (Phi) is 5.11. The van der Waals surface area contributed by atoms with Gasteiger partial charge in [-0.25, -0.2) is 0 Å². The number of aromatic nitrogens is 1. The summed E-state index contributed by atoms with van der Waals surface area (Å²) in [5, 5.41) is 10.9. The summed E-state index contributed by atoms with van der Waals surface area (Å²) in [4.78, 5) is 35.3. The lowest BCUT2D eigenvalue weighted by atomic mass is 10.00. The van der Waals surface area contributed by atoms with Gasteiger partial charge in [0.2, 0.25) is 5.60 Å². The lowest BCUT2D eigenvalue weighted by Gasteiger charge is -2.37. The van der Waals surface area contributed by atoms with Crippen molar-refractivity contribution in [1.29, 1.82) is 0 Å². The number of para-hydroxylation sites is 1. The van der Waals surface area contributed by atoms with Crippen LogP contribution in [0.15, 0.2) is 54.9 Å². The zero-order chi connectivity index (χ0) is 19.6. The van der Waals surface area contributed by atoms with E-state index in [1.165, 1.54) is 4.90 Å². The average Bonchev–Trinajstić information content (AvgIpc) is 3.05. The molecule has 1 N–H and O–H groups in total. The van der Waals surface area contributed by atoms with Gasteiger partial charge in [-0.3, -0.25) is 19.5 Å². The molecule has 0 saturated carbocycles. The molecule has 3 heterocycles. The van der Waals surface area contributed by atoms with E-state index in [4.69, 9.17) is 0 Å². The van der Waals surface area contributed by atoms with Crippen LogP contribution in [-0.4, -0.2) is 70.0 Å². The van der Waals surface area contributed by atoms with E-state index in [1.54, 1.807) is 11.1 Å². The molecule has 1 aromatic carbocycles. The Morgan fingerprint density at radius 1 is 1.04 bits per heavy atom. The average molecular weight is 380 g/mol. The molecule has 2 aliphatic heterocycles. The van der Waals surface area contributed by atoms with Crippen LogP contribution >= 0.6 is 0 Å². The van der Waals surface area contributed by atoms with Gasteiger partial charge in [-0.2, -0.15) is 0 Å². The number of carbonyl (C=O) groups excluding carboxylic acids is 2. The minimum atomic E-state index is -1.96. The fourth-order valence-electron chi connectivity index (χ4n) is 3.88. The summed E-state index contributed by atoms with van der Waals surface area (Å²) in [5.41, 5.74) is -0.121. The normalized spacial score (nSPS) is 23.2. The molecule has 2 amide bonds. The Morgan fingerprint density at radius 2 is 1.79 bits per heavy atom. The highest BCUT2D eigenvalue weighted by Gasteiger charge is 2.53. The Balaban J connectivity index is 1.38. The van der Waals surface area contributed by atoms with Gasteiger partial charge in [-0.15, -0.1) is 0 Å². The van der Waals surface area contributed by atoms with Crippen molar-refractivity contribution >= 4 is 17.5 Å². The van der Waals surface area contributed by atoms with Crippen LogP contribution in [-0.2, 0) is 16.1 Å². The number of hydrogen-bond acceptors (Lipinski definition) is 5. The lowest BCUT2D eigenvalue weighted by Crippen LogP contribution is -2.58. The summed E-state index contributed by atoms with van der Waals surface area (Å²) in [5.74, 6) is -1.00. The van der Waals surface area contributed by atoms with E-state index in [0.29, 0.717) is 38.4 Å². The first kappa shape index (κ1) is 18.6. The molecule has 2 aromatic rings. The molecule has 1 unspecified atom stereocenters. The summed E-state index contributed by atoms with van der Waals surface area (Å²) in [7, 11) is 0. The molecule has 0 radical (unpaired) electrons. The van der Waals surface area contributed by atoms with Crippen molar-refractivity contribution in [3.63, 3.8) is 0 Å². The number of nitrogens with zero attached hydrogens (tertiary/aromatic N) is 4. The highest BCUT2D eigenvalue weighted by molar-refractivity contribution is 6.16. The molecular formula is C21H24N4O3. The minimum absolute atomic E-state index is 0.120. The number of piperazine rings is 1. The van der Waals surface area contributed by atoms with Gasteiger partial charge in [0.05, 0.1) is 0 Å². The summed E-state index contributed by atoms with van der Waals surface area (Å²) in [6.07, 6.45) is 3.71. The van der Waals surface area contributed by atoms with E-state index in [1.807, 2.05) is 48.7 Å². The van der Waals surface area contributed by atoms with Crippen molar-refractivity contribution in [2.75, 3.05) is 37.6 Å². The monoisotopic (exact) mass is 380 g/mol. The molecule has 0 spiro atoms. The molecule has 0 bridgehead atoms. The molecular weight excluding hydrogens is 356 g/mol. The maximum absolute atomic E-state index is 13.0. The number of amides is 2. The third-order valence-corrected chi connectivity index (χ3v) is 5.51. The number of benzene rings is 1. The second-order valence-electron chi connectivity index (χ2n) is 7.33. The van der Waals surface area contributed by atoms with Gasteiger partial charge >= 0.3 is 0 Å². The fraction of sp³-hybridized carbons (Fsp3) is 0.381. The molecule has 1 aromatic heterocycles. The zero-order valence-corrected chi connectivity index (χ0v) is 15.7. The van der Waals surface area contributed by atoms with Crippen molar-refractivity contribution in [1.82, 2.24) is 14.8 Å². The molecule has 1 atom stereocenters. The maximum atomic E-state index is 13.0. The van der Waals surface area contributed by atoms with Crippen LogP contribution in [0, 0.1) is 0 Å². The topological polar surface area (TPSA) is 77.0 Å². The van der Waals surface area contributed by atoms with Crippen molar-refractivity contribution in [3.05, 3.63) is 60.4 Å². The molecule has 2 saturated heterocycles. The first-order chi connectivity index (χ1) is 13.6. The van der Waals surface area contributed by atoms with E-state index in [2.05, 4.69) is 9.88 Å². The highest BCUT2D eigenvalue weighted by Crippen LogP contribution is 2.30. The van der Waals surface area contributed by atoms with E-state index in [-0.39, 0.29) is 6.42 Å². The standard InChI is InChI=1S/C21H24N4O3/c26-19(21(28)8-10-25(20(21)27)18-6-2-1-3-7-18)24-13-11-23(12-14-24)16-17-5-4-9-22-15-17/h1-7,9,15,28H,8,10-14,16H2. The Labute approximate surface area is 164 Å². The lowest BCUT2D eigenvalue weighted by molar-refractivity contribution is -0.158. The summed E-state index contributed by atoms with van der Waals surface area (Å²) >= 11 is 0. The van der Waals surface area contributed by atoms with Gasteiger partial charge in [0.15, 0.2) is 0 Å². The van der Waals surface area contributed by atoms with Crippen molar-refractivity contribution < 1.29 is 14.7 Å². The van der Waals surface area contributed by atoms with Crippen molar-refractivity contribution in [2.24, 2.45) is 0 Å². The van der Waals surface area contributed by atoms with E-state index in [9.17, 15) is 14.7 Å². The second kappa shape index (κ2) is 7.69. The van der Waals surface area contributed by atoms with Crippen molar-refractivity contribution in [3.8, 4) is 0 Å². The van der Waals surface area contributed by atoms with Crippen molar-refractivity contribution in [2.45, 2.75) is 18.6 Å². The molecule has 7 heteroatoms. The predicted octanol–water partition coefficient (Wildman–Crippen LogP) is 0.894. The number of aliphatic hydroxyl groups is 1. The highest BCUT2D eigenvalue weighted by atomic mass is 16.3.